The summed E-state index contributed by atoms with van der Waals surface area (Å²) in [7, 11) is 0. The van der Waals surface area contributed by atoms with Gasteiger partial charge in [-0.2, -0.15) is 0 Å². The predicted molar refractivity (Wildman–Crippen MR) is 108 cm³/mol. The largest absolute Gasteiger partial charge is 0.546 e. The number of ether oxygens (including phenoxy) is 1. The van der Waals surface area contributed by atoms with Crippen LogP contribution in [0.2, 0.25) is 0 Å². The Balaban J connectivity index is 1.71. The van der Waals surface area contributed by atoms with Crippen LogP contribution < -0.4 is 20.1 Å². The van der Waals surface area contributed by atoms with Gasteiger partial charge in [-0.3, -0.25) is 9.69 Å². The van der Waals surface area contributed by atoms with E-state index < -0.39 is 18.7 Å². The van der Waals surface area contributed by atoms with Crippen molar-refractivity contribution in [2.45, 2.75) is 13.1 Å². The first-order valence-electron chi connectivity index (χ1n) is 9.21. The van der Waals surface area contributed by atoms with Crippen molar-refractivity contribution in [3.8, 4) is 5.75 Å². The van der Waals surface area contributed by atoms with Gasteiger partial charge in [-0.1, -0.05) is 42.0 Å². The third kappa shape index (κ3) is 3.78. The molecule has 0 aromatic heterocycles. The number of aliphatic carboxylic acids is 1. The van der Waals surface area contributed by atoms with Crippen LogP contribution in [0.3, 0.4) is 0 Å². The maximum atomic E-state index is 13.3. The first kappa shape index (κ1) is 18.6. The molecule has 0 saturated carbocycles. The van der Waals surface area contributed by atoms with Gasteiger partial charge in [0, 0.05) is 11.4 Å². The van der Waals surface area contributed by atoms with Crippen molar-refractivity contribution in [3.63, 3.8) is 0 Å². The molecule has 3 aromatic carbocycles. The molecule has 0 aliphatic carbocycles. The number of nitrogens with zero attached hydrogens (tertiary/aromatic N) is 1. The molecule has 4 rings (SSSR count). The van der Waals surface area contributed by atoms with E-state index in [0.717, 1.165) is 22.5 Å². The Hall–Kier alpha value is -3.80. The molecule has 1 heterocycles. The van der Waals surface area contributed by atoms with Crippen LogP contribution in [-0.4, -0.2) is 18.5 Å². The van der Waals surface area contributed by atoms with E-state index in [1.807, 2.05) is 61.5 Å². The van der Waals surface area contributed by atoms with Gasteiger partial charge >= 0.3 is 0 Å². The monoisotopic (exact) mass is 387 g/mol. The van der Waals surface area contributed by atoms with Crippen molar-refractivity contribution in [2.75, 3.05) is 16.8 Å². The number of anilines is 2. The predicted octanol–water partition coefficient (Wildman–Crippen LogP) is 2.89. The van der Waals surface area contributed by atoms with Gasteiger partial charge in [0.1, 0.15) is 18.5 Å². The average molecular weight is 387 g/mol. The summed E-state index contributed by atoms with van der Waals surface area (Å²) in [6, 6.07) is 22.2. The Morgan fingerprint density at radius 1 is 1.03 bits per heavy atom. The third-order valence-corrected chi connectivity index (χ3v) is 4.79. The summed E-state index contributed by atoms with van der Waals surface area (Å²) in [5, 5.41) is 14.0. The fourth-order valence-electron chi connectivity index (χ4n) is 3.35. The Morgan fingerprint density at radius 3 is 2.41 bits per heavy atom. The minimum atomic E-state index is -1.28. The number of aryl methyl sites for hydroxylation is 1. The minimum Gasteiger partial charge on any atom is -0.546 e. The Morgan fingerprint density at radius 2 is 1.72 bits per heavy atom. The number of carbonyl (C=O) groups excluding carboxylic acids is 2. The number of hydrogen-bond acceptors (Lipinski definition) is 5. The molecule has 3 aromatic rings. The molecule has 146 valence electrons. The molecule has 1 amide bonds. The number of benzene rings is 3. The van der Waals surface area contributed by atoms with Crippen molar-refractivity contribution in [3.05, 3.63) is 89.5 Å². The van der Waals surface area contributed by atoms with Crippen LogP contribution in [0.1, 0.15) is 27.7 Å². The molecule has 1 aliphatic rings. The third-order valence-electron chi connectivity index (χ3n) is 4.79. The van der Waals surface area contributed by atoms with Crippen LogP contribution in [0, 0.1) is 6.92 Å². The molecule has 0 bridgehead atoms. The van der Waals surface area contributed by atoms with Crippen LogP contribution >= 0.6 is 0 Å². The van der Waals surface area contributed by atoms with Crippen molar-refractivity contribution in [1.29, 1.82) is 0 Å². The molecular formula is C23H19N2O4-. The topological polar surface area (TPSA) is 81.7 Å². The van der Waals surface area contributed by atoms with E-state index in [0.29, 0.717) is 11.3 Å². The van der Waals surface area contributed by atoms with Crippen molar-refractivity contribution < 1.29 is 19.4 Å². The number of fused-ring (bicyclic) bond motifs is 1. The summed E-state index contributed by atoms with van der Waals surface area (Å²) in [6.45, 7) is 1.49. The van der Waals surface area contributed by atoms with E-state index in [-0.39, 0.29) is 5.91 Å². The second kappa shape index (κ2) is 7.67. The smallest absolute Gasteiger partial charge is 0.262 e. The molecule has 0 fully saturated rings. The van der Waals surface area contributed by atoms with Crippen LogP contribution in [0.5, 0.6) is 5.75 Å². The Bertz CT molecular complexity index is 1050. The number of carbonyl (C=O) groups is 2. The zero-order valence-electron chi connectivity index (χ0n) is 15.8. The van der Waals surface area contributed by atoms with Gasteiger partial charge in [0.2, 0.25) is 0 Å². The number of amides is 1. The lowest BCUT2D eigenvalue weighted by Crippen LogP contribution is -2.43. The van der Waals surface area contributed by atoms with E-state index >= 15 is 0 Å². The summed E-state index contributed by atoms with van der Waals surface area (Å²) >= 11 is 0. The fourth-order valence-corrected chi connectivity index (χ4v) is 3.35. The number of carboxylic acid groups (broad SMARTS) is 1. The molecule has 6 heteroatoms. The highest BCUT2D eigenvalue weighted by Crippen LogP contribution is 2.37. The summed E-state index contributed by atoms with van der Waals surface area (Å²) in [5.41, 5.74) is 4.11. The van der Waals surface area contributed by atoms with Gasteiger partial charge in [0.05, 0.1) is 11.5 Å². The molecule has 1 N–H and O–H groups in total. The van der Waals surface area contributed by atoms with Crippen molar-refractivity contribution in [1.82, 2.24) is 0 Å². The van der Waals surface area contributed by atoms with E-state index in [2.05, 4.69) is 5.32 Å². The van der Waals surface area contributed by atoms with E-state index in [1.165, 1.54) is 0 Å². The molecule has 1 atom stereocenters. The molecule has 29 heavy (non-hydrogen) atoms. The second-order valence-corrected chi connectivity index (χ2v) is 6.83. The fraction of sp³-hybridized carbons (Fsp3) is 0.130. The maximum absolute atomic E-state index is 13.3. The Labute approximate surface area is 168 Å². The van der Waals surface area contributed by atoms with Crippen molar-refractivity contribution >= 4 is 23.3 Å². The molecule has 0 radical (unpaired) electrons. The second-order valence-electron chi connectivity index (χ2n) is 6.83. The molecule has 0 unspecified atom stereocenters. The first-order valence-corrected chi connectivity index (χ1v) is 9.21. The molecule has 1 aliphatic heterocycles. The highest BCUT2D eigenvalue weighted by atomic mass is 16.5. The molecule has 0 saturated heterocycles. The standard InChI is InChI=1S/C23H20N2O4/c1-15-6-10-17(11-7-15)25-22(24-20-5-3-2-4-19(20)23(25)28)16-8-12-18(13-9-16)29-14-21(26)27/h2-13,22,24H,14H2,1H3,(H,26,27)/p-1/t22-/m0/s1. The highest BCUT2D eigenvalue weighted by Gasteiger charge is 2.33. The number of carboxylic acids is 1. The van der Waals surface area contributed by atoms with E-state index in [4.69, 9.17) is 4.74 Å². The number of nitrogens with one attached hydrogen (secondary N) is 1. The lowest BCUT2D eigenvalue weighted by molar-refractivity contribution is -0.307. The number of hydrogen-bond donors (Lipinski definition) is 1. The van der Waals surface area contributed by atoms with Gasteiger partial charge in [0.15, 0.2) is 0 Å². The van der Waals surface area contributed by atoms with Gasteiger partial charge in [0.25, 0.3) is 5.91 Å². The lowest BCUT2D eigenvalue weighted by atomic mass is 10.0. The summed E-state index contributed by atoms with van der Waals surface area (Å²) in [4.78, 5) is 25.6. The normalized spacial score (nSPS) is 15.4. The van der Waals surface area contributed by atoms with Gasteiger partial charge in [-0.05, 0) is 48.9 Å². The van der Waals surface area contributed by atoms with Gasteiger partial charge < -0.3 is 20.0 Å². The Kier molecular flexibility index (Phi) is 4.91. The summed E-state index contributed by atoms with van der Waals surface area (Å²) in [6.07, 6.45) is -0.421. The molecule has 0 spiro atoms. The summed E-state index contributed by atoms with van der Waals surface area (Å²) in [5.74, 6) is -0.955. The van der Waals surface area contributed by atoms with Crippen LogP contribution in [0.15, 0.2) is 72.8 Å². The average Bonchev–Trinajstić information content (AvgIpc) is 2.73. The highest BCUT2D eigenvalue weighted by molar-refractivity contribution is 6.12. The van der Waals surface area contributed by atoms with Crippen molar-refractivity contribution in [2.24, 2.45) is 0 Å². The maximum Gasteiger partial charge on any atom is 0.262 e. The number of para-hydroxylation sites is 1. The minimum absolute atomic E-state index is 0.0921. The first-order chi connectivity index (χ1) is 14.0. The van der Waals surface area contributed by atoms with Crippen LogP contribution in [0.25, 0.3) is 0 Å². The van der Waals surface area contributed by atoms with E-state index in [9.17, 15) is 14.7 Å². The lowest BCUT2D eigenvalue weighted by Gasteiger charge is -2.38. The SMILES string of the molecule is Cc1ccc(N2C(=O)c3ccccc3N[C@@H]2c2ccc(OCC(=O)[O-])cc2)cc1. The van der Waals surface area contributed by atoms with Crippen LogP contribution in [0.4, 0.5) is 11.4 Å². The van der Waals surface area contributed by atoms with Gasteiger partial charge in [-0.25, -0.2) is 0 Å². The number of rotatable bonds is 5. The van der Waals surface area contributed by atoms with E-state index in [1.54, 1.807) is 23.1 Å². The van der Waals surface area contributed by atoms with Gasteiger partial charge in [-0.15, -0.1) is 0 Å². The quantitative estimate of drug-likeness (QED) is 0.728. The van der Waals surface area contributed by atoms with Crippen LogP contribution in [-0.2, 0) is 4.79 Å². The molecule has 6 nitrogen and oxygen atoms in total. The molecular weight excluding hydrogens is 368 g/mol. The zero-order chi connectivity index (χ0) is 20.4. The summed E-state index contributed by atoms with van der Waals surface area (Å²) < 4.78 is 5.15. The zero-order valence-corrected chi connectivity index (χ0v) is 15.8.